The van der Waals surface area contributed by atoms with Gasteiger partial charge in [0.25, 0.3) is 5.91 Å². The Bertz CT molecular complexity index is 587. The van der Waals surface area contributed by atoms with Gasteiger partial charge in [-0.15, -0.1) is 0 Å². The van der Waals surface area contributed by atoms with Crippen molar-refractivity contribution in [1.29, 1.82) is 0 Å². The maximum atomic E-state index is 12.3. The molecule has 17 heavy (non-hydrogen) atoms. The molecule has 0 saturated heterocycles. The molecule has 1 amide bonds. The van der Waals surface area contributed by atoms with Crippen LogP contribution in [-0.4, -0.2) is 26.0 Å². The van der Waals surface area contributed by atoms with Crippen molar-refractivity contribution < 1.29 is 4.79 Å². The summed E-state index contributed by atoms with van der Waals surface area (Å²) in [5, 5.41) is 5.31. The molecule has 3 rings (SSSR count). The predicted molar refractivity (Wildman–Crippen MR) is 69.6 cm³/mol. The van der Waals surface area contributed by atoms with Gasteiger partial charge in [0.15, 0.2) is 0 Å². The van der Waals surface area contributed by atoms with Crippen LogP contribution in [0.15, 0.2) is 36.4 Å². The van der Waals surface area contributed by atoms with E-state index in [-0.39, 0.29) is 5.91 Å². The van der Waals surface area contributed by atoms with Crippen molar-refractivity contribution in [2.24, 2.45) is 0 Å². The van der Waals surface area contributed by atoms with E-state index in [2.05, 4.69) is 17.4 Å². The van der Waals surface area contributed by atoms with Crippen LogP contribution in [0.2, 0.25) is 0 Å². The summed E-state index contributed by atoms with van der Waals surface area (Å²) >= 11 is 0. The lowest BCUT2D eigenvalue weighted by Gasteiger charge is -2.17. The van der Waals surface area contributed by atoms with Gasteiger partial charge < -0.3 is 10.2 Å². The van der Waals surface area contributed by atoms with Gasteiger partial charge in [-0.1, -0.05) is 24.3 Å². The van der Waals surface area contributed by atoms with Gasteiger partial charge in [-0.2, -0.15) is 0 Å². The first-order valence-electron chi connectivity index (χ1n) is 5.81. The first-order valence-corrected chi connectivity index (χ1v) is 5.81. The number of likely N-dealkylation sites (N-methyl/N-ethyl adjacent to an activating group) is 1. The van der Waals surface area contributed by atoms with Crippen molar-refractivity contribution in [3.05, 3.63) is 42.0 Å². The van der Waals surface area contributed by atoms with Gasteiger partial charge >= 0.3 is 0 Å². The van der Waals surface area contributed by atoms with Crippen molar-refractivity contribution >= 4 is 22.4 Å². The Morgan fingerprint density at radius 3 is 2.71 bits per heavy atom. The Kier molecular flexibility index (Phi) is 2.34. The average molecular weight is 226 g/mol. The van der Waals surface area contributed by atoms with Crippen molar-refractivity contribution in [2.75, 3.05) is 25.0 Å². The molecular formula is C14H14N2O. The number of anilines is 1. The quantitative estimate of drug-likeness (QED) is 0.868. The molecule has 2 aromatic carbocycles. The van der Waals surface area contributed by atoms with Crippen LogP contribution in [0.4, 0.5) is 5.69 Å². The van der Waals surface area contributed by atoms with Gasteiger partial charge in [0.2, 0.25) is 0 Å². The second kappa shape index (κ2) is 3.86. The number of amides is 1. The predicted octanol–water partition coefficient (Wildman–Crippen LogP) is 2.02. The molecule has 1 heterocycles. The zero-order valence-corrected chi connectivity index (χ0v) is 9.73. The minimum Gasteiger partial charge on any atom is -0.318 e. The topological polar surface area (TPSA) is 32.3 Å². The summed E-state index contributed by atoms with van der Waals surface area (Å²) in [5.41, 5.74) is 1.87. The average Bonchev–Trinajstić information content (AvgIpc) is 2.64. The summed E-state index contributed by atoms with van der Waals surface area (Å²) in [6.45, 7) is 1.51. The number of rotatable bonds is 3. The number of carbonyl (C=O) groups excluding carboxylic acids is 1. The van der Waals surface area contributed by atoms with Crippen LogP contribution in [0, 0.1) is 0 Å². The van der Waals surface area contributed by atoms with Crippen molar-refractivity contribution in [3.63, 3.8) is 0 Å². The van der Waals surface area contributed by atoms with Gasteiger partial charge in [-0.3, -0.25) is 4.79 Å². The van der Waals surface area contributed by atoms with Crippen molar-refractivity contribution in [3.8, 4) is 0 Å². The summed E-state index contributed by atoms with van der Waals surface area (Å²) in [6, 6.07) is 12.0. The van der Waals surface area contributed by atoms with E-state index >= 15 is 0 Å². The summed E-state index contributed by atoms with van der Waals surface area (Å²) < 4.78 is 0. The zero-order valence-electron chi connectivity index (χ0n) is 9.73. The lowest BCUT2D eigenvalue weighted by Crippen LogP contribution is -2.33. The van der Waals surface area contributed by atoms with Gasteiger partial charge in [-0.25, -0.2) is 0 Å². The molecule has 1 aliphatic heterocycles. The molecule has 3 nitrogen and oxygen atoms in total. The molecular weight excluding hydrogens is 212 g/mol. The number of benzene rings is 2. The van der Waals surface area contributed by atoms with E-state index in [1.54, 1.807) is 0 Å². The standard InChI is InChI=1S/C14H14N2O/c1-15-8-9-16-12-7-3-5-10-4-2-6-11(13(10)12)14(16)17/h2-7,15H,8-9H2,1H3. The largest absolute Gasteiger partial charge is 0.318 e. The number of hydrogen-bond donors (Lipinski definition) is 1. The number of carbonyl (C=O) groups is 1. The van der Waals surface area contributed by atoms with Crippen LogP contribution < -0.4 is 10.2 Å². The van der Waals surface area contributed by atoms with Crippen LogP contribution in [0.1, 0.15) is 10.4 Å². The molecule has 0 fully saturated rings. The SMILES string of the molecule is CNCCN1C(=O)c2cccc3cccc1c23. The molecule has 0 spiro atoms. The Hall–Kier alpha value is -1.87. The van der Waals surface area contributed by atoms with Crippen molar-refractivity contribution in [2.45, 2.75) is 0 Å². The maximum absolute atomic E-state index is 12.3. The molecule has 0 unspecified atom stereocenters. The highest BCUT2D eigenvalue weighted by molar-refractivity contribution is 6.24. The van der Waals surface area contributed by atoms with E-state index in [1.807, 2.05) is 36.2 Å². The Balaban J connectivity index is 2.17. The fraction of sp³-hybridized carbons (Fsp3) is 0.214. The van der Waals surface area contributed by atoms with Gasteiger partial charge in [0.1, 0.15) is 0 Å². The zero-order chi connectivity index (χ0) is 11.8. The van der Waals surface area contributed by atoms with Crippen LogP contribution >= 0.6 is 0 Å². The second-order valence-corrected chi connectivity index (χ2v) is 4.24. The summed E-state index contributed by atoms with van der Waals surface area (Å²) in [7, 11) is 1.90. The molecule has 1 aliphatic rings. The highest BCUT2D eigenvalue weighted by Crippen LogP contribution is 2.36. The van der Waals surface area contributed by atoms with Crippen LogP contribution in [0.3, 0.4) is 0 Å². The molecule has 0 aromatic heterocycles. The van der Waals surface area contributed by atoms with Gasteiger partial charge in [-0.05, 0) is 24.6 Å². The maximum Gasteiger partial charge on any atom is 0.259 e. The van der Waals surface area contributed by atoms with Crippen molar-refractivity contribution in [1.82, 2.24) is 5.32 Å². The lowest BCUT2D eigenvalue weighted by atomic mass is 10.1. The first kappa shape index (κ1) is 10.3. The van der Waals surface area contributed by atoms with E-state index in [1.165, 1.54) is 0 Å². The molecule has 86 valence electrons. The van der Waals surface area contributed by atoms with Crippen LogP contribution in [-0.2, 0) is 0 Å². The van der Waals surface area contributed by atoms with Crippen LogP contribution in [0.5, 0.6) is 0 Å². The number of nitrogens with one attached hydrogen (secondary N) is 1. The second-order valence-electron chi connectivity index (χ2n) is 4.24. The fourth-order valence-electron chi connectivity index (χ4n) is 2.42. The minimum atomic E-state index is 0.118. The molecule has 0 bridgehead atoms. The van der Waals surface area contributed by atoms with Gasteiger partial charge in [0.05, 0.1) is 5.69 Å². The molecule has 3 heteroatoms. The number of nitrogens with zero attached hydrogens (tertiary/aromatic N) is 1. The molecule has 0 aliphatic carbocycles. The molecule has 0 atom stereocenters. The summed E-state index contributed by atoms with van der Waals surface area (Å²) in [5.74, 6) is 0.118. The number of hydrogen-bond acceptors (Lipinski definition) is 2. The molecule has 0 saturated carbocycles. The first-order chi connectivity index (χ1) is 8.33. The summed E-state index contributed by atoms with van der Waals surface area (Å²) in [4.78, 5) is 14.1. The van der Waals surface area contributed by atoms with Gasteiger partial charge in [0, 0.05) is 24.0 Å². The highest BCUT2D eigenvalue weighted by atomic mass is 16.2. The summed E-state index contributed by atoms with van der Waals surface area (Å²) in [6.07, 6.45) is 0. The van der Waals surface area contributed by atoms with E-state index in [9.17, 15) is 4.79 Å². The smallest absolute Gasteiger partial charge is 0.259 e. The molecule has 2 aromatic rings. The molecule has 0 radical (unpaired) electrons. The molecule has 1 N–H and O–H groups in total. The third-order valence-electron chi connectivity index (χ3n) is 3.23. The Labute approximate surface area is 100 Å². The Morgan fingerprint density at radius 1 is 1.18 bits per heavy atom. The highest BCUT2D eigenvalue weighted by Gasteiger charge is 2.28. The van der Waals surface area contributed by atoms with E-state index in [0.717, 1.165) is 28.6 Å². The lowest BCUT2D eigenvalue weighted by molar-refractivity contribution is 0.0993. The fourth-order valence-corrected chi connectivity index (χ4v) is 2.42. The third-order valence-corrected chi connectivity index (χ3v) is 3.23. The van der Waals surface area contributed by atoms with E-state index in [0.29, 0.717) is 6.54 Å². The van der Waals surface area contributed by atoms with E-state index in [4.69, 9.17) is 0 Å². The third kappa shape index (κ3) is 1.43. The minimum absolute atomic E-state index is 0.118. The monoisotopic (exact) mass is 226 g/mol. The normalized spacial score (nSPS) is 13.7. The van der Waals surface area contributed by atoms with E-state index < -0.39 is 0 Å². The Morgan fingerprint density at radius 2 is 1.94 bits per heavy atom. The van der Waals surface area contributed by atoms with Crippen LogP contribution in [0.25, 0.3) is 10.8 Å².